The minimum absolute atomic E-state index is 0.0610. The van der Waals surface area contributed by atoms with Crippen LogP contribution in [0.1, 0.15) is 40.0 Å². The van der Waals surface area contributed by atoms with Gasteiger partial charge in [-0.1, -0.05) is 13.3 Å². The summed E-state index contributed by atoms with van der Waals surface area (Å²) in [5, 5.41) is 2.95. The van der Waals surface area contributed by atoms with Gasteiger partial charge in [-0.15, -0.1) is 0 Å². The van der Waals surface area contributed by atoms with Crippen LogP contribution in [0.2, 0.25) is 0 Å². The Morgan fingerprint density at radius 1 is 1.50 bits per heavy atom. The largest absolute Gasteiger partial charge is 0.353 e. The van der Waals surface area contributed by atoms with Crippen molar-refractivity contribution in [3.63, 3.8) is 0 Å². The van der Waals surface area contributed by atoms with Gasteiger partial charge in [0.05, 0.1) is 5.54 Å². The number of rotatable bonds is 4. The Balaban J connectivity index is 2.38. The third-order valence-electron chi connectivity index (χ3n) is 3.24. The first kappa shape index (κ1) is 13.5. The van der Waals surface area contributed by atoms with Gasteiger partial charge in [0, 0.05) is 12.6 Å². The molecule has 0 bridgehead atoms. The Morgan fingerprint density at radius 3 is 2.75 bits per heavy atom. The number of hydrogen-bond acceptors (Lipinski definition) is 3. The van der Waals surface area contributed by atoms with E-state index in [9.17, 15) is 4.79 Å². The quantitative estimate of drug-likeness (QED) is 0.744. The molecule has 1 atom stereocenters. The topological polar surface area (TPSA) is 58.4 Å². The highest BCUT2D eigenvalue weighted by atomic mass is 16.2. The summed E-state index contributed by atoms with van der Waals surface area (Å²) < 4.78 is 0. The van der Waals surface area contributed by atoms with Crippen LogP contribution in [0.15, 0.2) is 0 Å². The summed E-state index contributed by atoms with van der Waals surface area (Å²) in [4.78, 5) is 14.1. The summed E-state index contributed by atoms with van der Waals surface area (Å²) in [6, 6.07) is 0.491. The second-order valence-electron chi connectivity index (χ2n) is 5.21. The molecule has 0 radical (unpaired) electrons. The molecule has 1 rings (SSSR count). The monoisotopic (exact) mass is 227 g/mol. The molecule has 0 aliphatic carbocycles. The van der Waals surface area contributed by atoms with Gasteiger partial charge in [-0.3, -0.25) is 9.69 Å². The highest BCUT2D eigenvalue weighted by Crippen LogP contribution is 2.15. The van der Waals surface area contributed by atoms with Gasteiger partial charge in [0.15, 0.2) is 0 Å². The van der Waals surface area contributed by atoms with E-state index in [1.54, 1.807) is 13.8 Å². The van der Waals surface area contributed by atoms with Crippen LogP contribution < -0.4 is 11.1 Å². The molecule has 1 unspecified atom stereocenters. The van der Waals surface area contributed by atoms with E-state index in [2.05, 4.69) is 17.1 Å². The highest BCUT2D eigenvalue weighted by molar-refractivity contribution is 5.85. The highest BCUT2D eigenvalue weighted by Gasteiger charge is 2.25. The molecule has 16 heavy (non-hydrogen) atoms. The molecule has 0 spiro atoms. The lowest BCUT2D eigenvalue weighted by molar-refractivity contribution is -0.125. The normalized spacial score (nSPS) is 23.1. The minimum atomic E-state index is -0.772. The number of nitrogens with one attached hydrogen (secondary N) is 1. The smallest absolute Gasteiger partial charge is 0.239 e. The van der Waals surface area contributed by atoms with E-state index in [0.717, 1.165) is 19.6 Å². The average Bonchev–Trinajstić information content (AvgIpc) is 2.24. The van der Waals surface area contributed by atoms with Gasteiger partial charge < -0.3 is 11.1 Å². The summed E-state index contributed by atoms with van der Waals surface area (Å²) in [5.74, 6) is -0.0610. The van der Waals surface area contributed by atoms with Crippen LogP contribution in [0, 0.1) is 0 Å². The van der Waals surface area contributed by atoms with E-state index in [1.165, 1.54) is 19.3 Å². The van der Waals surface area contributed by atoms with Crippen molar-refractivity contribution in [2.24, 2.45) is 5.73 Å². The predicted octanol–water partition coefficient (Wildman–Crippen LogP) is 0.714. The predicted molar refractivity (Wildman–Crippen MR) is 66.2 cm³/mol. The Hall–Kier alpha value is -0.610. The van der Waals surface area contributed by atoms with Crippen LogP contribution in [0.25, 0.3) is 0 Å². The van der Waals surface area contributed by atoms with Crippen LogP contribution in [0.4, 0.5) is 0 Å². The van der Waals surface area contributed by atoms with E-state index in [1.807, 2.05) is 0 Å². The molecule has 0 aromatic carbocycles. The van der Waals surface area contributed by atoms with Crippen LogP contribution >= 0.6 is 0 Å². The average molecular weight is 227 g/mol. The minimum Gasteiger partial charge on any atom is -0.353 e. The number of piperidine rings is 1. The summed E-state index contributed by atoms with van der Waals surface area (Å²) in [5.41, 5.74) is 4.96. The lowest BCUT2D eigenvalue weighted by Gasteiger charge is -2.35. The van der Waals surface area contributed by atoms with E-state index in [4.69, 9.17) is 5.73 Å². The van der Waals surface area contributed by atoms with Gasteiger partial charge in [0.2, 0.25) is 5.91 Å². The molecular formula is C12H25N3O. The number of nitrogens with two attached hydrogens (primary N) is 1. The number of carbonyl (C=O) groups excluding carboxylic acids is 1. The fourth-order valence-electron chi connectivity index (χ4n) is 2.15. The van der Waals surface area contributed by atoms with E-state index in [-0.39, 0.29) is 5.91 Å². The fourth-order valence-corrected chi connectivity index (χ4v) is 2.15. The lowest BCUT2D eigenvalue weighted by atomic mass is 10.0. The molecule has 1 aliphatic rings. The number of likely N-dealkylation sites (tertiary alicyclic amines) is 1. The van der Waals surface area contributed by atoms with Crippen molar-refractivity contribution < 1.29 is 4.79 Å². The number of likely N-dealkylation sites (N-methyl/N-ethyl adjacent to an activating group) is 1. The first-order valence-electron chi connectivity index (χ1n) is 6.26. The molecule has 1 aliphatic heterocycles. The molecule has 1 fully saturated rings. The third kappa shape index (κ3) is 3.76. The van der Waals surface area contributed by atoms with Crippen molar-refractivity contribution in [1.82, 2.24) is 10.2 Å². The van der Waals surface area contributed by atoms with Gasteiger partial charge in [-0.2, -0.15) is 0 Å². The van der Waals surface area contributed by atoms with Crippen molar-refractivity contribution in [3.05, 3.63) is 0 Å². The van der Waals surface area contributed by atoms with Crippen molar-refractivity contribution >= 4 is 5.91 Å². The molecule has 4 heteroatoms. The Kier molecular flexibility index (Phi) is 4.74. The van der Waals surface area contributed by atoms with E-state index in [0.29, 0.717) is 6.04 Å². The lowest BCUT2D eigenvalue weighted by Crippen LogP contribution is -2.53. The van der Waals surface area contributed by atoms with Crippen molar-refractivity contribution in [2.75, 3.05) is 19.6 Å². The molecule has 1 saturated heterocycles. The van der Waals surface area contributed by atoms with Crippen LogP contribution in [0.3, 0.4) is 0 Å². The Labute approximate surface area is 98.6 Å². The van der Waals surface area contributed by atoms with Gasteiger partial charge in [0.25, 0.3) is 0 Å². The summed E-state index contributed by atoms with van der Waals surface area (Å²) in [6.07, 6.45) is 3.73. The van der Waals surface area contributed by atoms with E-state index >= 15 is 0 Å². The molecule has 1 heterocycles. The van der Waals surface area contributed by atoms with Crippen LogP contribution in [-0.4, -0.2) is 42.0 Å². The van der Waals surface area contributed by atoms with Crippen molar-refractivity contribution in [3.8, 4) is 0 Å². The molecule has 4 nitrogen and oxygen atoms in total. The Morgan fingerprint density at radius 2 is 2.19 bits per heavy atom. The standard InChI is InChI=1S/C12H25N3O/c1-4-15-8-6-5-7-10(15)9-14-11(16)12(2,3)13/h10H,4-9,13H2,1-3H3,(H,14,16). The van der Waals surface area contributed by atoms with Gasteiger partial charge in [0.1, 0.15) is 0 Å². The maximum atomic E-state index is 11.6. The van der Waals surface area contributed by atoms with Crippen molar-refractivity contribution in [1.29, 1.82) is 0 Å². The third-order valence-corrected chi connectivity index (χ3v) is 3.24. The number of nitrogens with zero attached hydrogens (tertiary/aromatic N) is 1. The van der Waals surface area contributed by atoms with Crippen molar-refractivity contribution in [2.45, 2.75) is 51.6 Å². The second kappa shape index (κ2) is 5.64. The summed E-state index contributed by atoms with van der Waals surface area (Å²) in [7, 11) is 0. The van der Waals surface area contributed by atoms with Gasteiger partial charge >= 0.3 is 0 Å². The molecule has 0 saturated carbocycles. The SMILES string of the molecule is CCN1CCCCC1CNC(=O)C(C)(C)N. The van der Waals surface area contributed by atoms with Gasteiger partial charge in [-0.25, -0.2) is 0 Å². The zero-order chi connectivity index (χ0) is 12.2. The Bertz CT molecular complexity index is 235. The molecule has 94 valence electrons. The van der Waals surface area contributed by atoms with E-state index < -0.39 is 5.54 Å². The molecule has 1 amide bonds. The maximum Gasteiger partial charge on any atom is 0.239 e. The fraction of sp³-hybridized carbons (Fsp3) is 0.917. The molecule has 0 aromatic rings. The number of amides is 1. The van der Waals surface area contributed by atoms with Gasteiger partial charge in [-0.05, 0) is 39.8 Å². The summed E-state index contributed by atoms with van der Waals surface area (Å²) in [6.45, 7) is 8.59. The first-order valence-corrected chi connectivity index (χ1v) is 6.26. The van der Waals surface area contributed by atoms with Crippen LogP contribution in [0.5, 0.6) is 0 Å². The first-order chi connectivity index (χ1) is 7.45. The summed E-state index contributed by atoms with van der Waals surface area (Å²) >= 11 is 0. The number of hydrogen-bond donors (Lipinski definition) is 2. The van der Waals surface area contributed by atoms with Crippen LogP contribution in [-0.2, 0) is 4.79 Å². The molecule has 3 N–H and O–H groups in total. The molecule has 0 aromatic heterocycles. The number of carbonyl (C=O) groups is 1. The maximum absolute atomic E-state index is 11.6. The zero-order valence-corrected chi connectivity index (χ0v) is 10.8. The zero-order valence-electron chi connectivity index (χ0n) is 10.8. The second-order valence-corrected chi connectivity index (χ2v) is 5.21. The molecular weight excluding hydrogens is 202 g/mol.